The largest absolute Gasteiger partial charge is 0.463 e. The first kappa shape index (κ1) is 45.3. The number of rotatable bonds is 15. The predicted molar refractivity (Wildman–Crippen MR) is 168 cm³/mol. The average molecular weight is 799 g/mol. The molecule has 3 saturated heterocycles. The van der Waals surface area contributed by atoms with Gasteiger partial charge < -0.3 is 77.3 Å². The molecular weight excluding hydrogens is 752 g/mol. The highest BCUT2D eigenvalue weighted by Gasteiger charge is 2.61. The molecule has 23 nitrogen and oxygen atoms in total. The summed E-state index contributed by atoms with van der Waals surface area (Å²) in [5.74, 6) is -9.26. The van der Waals surface area contributed by atoms with Crippen LogP contribution >= 0.6 is 0 Å². The summed E-state index contributed by atoms with van der Waals surface area (Å²) in [7, 11) is 0. The van der Waals surface area contributed by atoms with E-state index >= 15 is 0 Å². The van der Waals surface area contributed by atoms with Gasteiger partial charge in [0.2, 0.25) is 5.79 Å². The molecule has 0 aromatic rings. The molecule has 3 heterocycles. The van der Waals surface area contributed by atoms with Crippen molar-refractivity contribution in [3.05, 3.63) is 0 Å². The van der Waals surface area contributed by atoms with Crippen LogP contribution in [0.1, 0.15) is 48.5 Å². The van der Waals surface area contributed by atoms with Crippen molar-refractivity contribution in [1.82, 2.24) is 0 Å². The van der Waals surface area contributed by atoms with Gasteiger partial charge in [-0.15, -0.1) is 0 Å². The zero-order valence-corrected chi connectivity index (χ0v) is 30.9. The average Bonchev–Trinajstić information content (AvgIpc) is 3.31. The molecule has 3 aliphatic rings. The van der Waals surface area contributed by atoms with Crippen molar-refractivity contribution in [2.45, 2.75) is 134 Å². The quantitative estimate of drug-likeness (QED) is 0.0919. The summed E-state index contributed by atoms with van der Waals surface area (Å²) in [6.45, 7) is 3.52. The number of aliphatic hydroxyl groups excluding tert-OH is 3. The molecule has 0 radical (unpaired) electrons. The Hall–Kier alpha value is -4.07. The minimum Gasteiger partial charge on any atom is -0.463 e. The van der Waals surface area contributed by atoms with Gasteiger partial charge in [-0.1, -0.05) is 0 Å². The molecule has 3 fully saturated rings. The third kappa shape index (κ3) is 12.0. The molecule has 14 atom stereocenters. The molecule has 0 aliphatic carbocycles. The number of carbonyl (C=O) groups excluding carboxylic acids is 7. The number of ether oxygens (including phenoxy) is 12. The van der Waals surface area contributed by atoms with Crippen molar-refractivity contribution in [2.24, 2.45) is 0 Å². The second-order valence-corrected chi connectivity index (χ2v) is 12.6. The van der Waals surface area contributed by atoms with Gasteiger partial charge in [0.05, 0.1) is 13.2 Å². The van der Waals surface area contributed by atoms with E-state index in [2.05, 4.69) is 0 Å². The first-order valence-corrected chi connectivity index (χ1v) is 16.8. The summed E-state index contributed by atoms with van der Waals surface area (Å²) in [5, 5.41) is 41.4. The Morgan fingerprint density at radius 3 is 1.31 bits per heavy atom. The lowest BCUT2D eigenvalue weighted by atomic mass is 9.95. The SMILES string of the molecule is CC(=O)OC[C@H]1O[C@@H](O[C@H]2[C@H](OC(C)=O)[C@@H](OC(C)=O)[C@H](O[C@H]3[C@H](O)[C@@H](CO)OC3(O)CO)O[C@@H]2COC(C)=O)[C@H](OC(C)=O)[C@@H](OC(C)=O)[C@H]1OC(C)=O. The normalized spacial score (nSPS) is 35.8. The number of carbonyl (C=O) groups is 7. The minimum atomic E-state index is -2.67. The second kappa shape index (κ2) is 19.7. The van der Waals surface area contributed by atoms with E-state index in [1.807, 2.05) is 0 Å². The van der Waals surface area contributed by atoms with E-state index in [0.29, 0.717) is 0 Å². The smallest absolute Gasteiger partial charge is 0.303 e. The third-order valence-electron chi connectivity index (χ3n) is 8.06. The molecule has 55 heavy (non-hydrogen) atoms. The summed E-state index contributed by atoms with van der Waals surface area (Å²) in [6, 6.07) is 0. The molecule has 0 spiro atoms. The van der Waals surface area contributed by atoms with Gasteiger partial charge in [-0.25, -0.2) is 0 Å². The Bertz CT molecular complexity index is 1400. The summed E-state index contributed by atoms with van der Waals surface area (Å²) < 4.78 is 66.8. The lowest BCUT2D eigenvalue weighted by molar-refractivity contribution is -0.374. The maximum atomic E-state index is 12.6. The molecule has 0 bridgehead atoms. The maximum Gasteiger partial charge on any atom is 0.303 e. The van der Waals surface area contributed by atoms with Gasteiger partial charge in [-0.05, 0) is 0 Å². The summed E-state index contributed by atoms with van der Waals surface area (Å²) in [5.41, 5.74) is 0. The van der Waals surface area contributed by atoms with E-state index in [1.54, 1.807) is 0 Å². The van der Waals surface area contributed by atoms with Crippen LogP contribution in [0.25, 0.3) is 0 Å². The predicted octanol–water partition coefficient (Wildman–Crippen LogP) is -3.58. The molecule has 312 valence electrons. The summed E-state index contributed by atoms with van der Waals surface area (Å²) in [4.78, 5) is 85.8. The van der Waals surface area contributed by atoms with Crippen LogP contribution in [0.4, 0.5) is 0 Å². The third-order valence-corrected chi connectivity index (χ3v) is 8.06. The van der Waals surface area contributed by atoms with Crippen LogP contribution in [0.2, 0.25) is 0 Å². The molecule has 1 unspecified atom stereocenters. The van der Waals surface area contributed by atoms with Crippen LogP contribution in [0.5, 0.6) is 0 Å². The summed E-state index contributed by atoms with van der Waals surface area (Å²) >= 11 is 0. The van der Waals surface area contributed by atoms with Gasteiger partial charge >= 0.3 is 41.8 Å². The lowest BCUT2D eigenvalue weighted by Gasteiger charge is -2.49. The van der Waals surface area contributed by atoms with Crippen molar-refractivity contribution < 1.29 is 111 Å². The van der Waals surface area contributed by atoms with Crippen LogP contribution in [0, 0.1) is 0 Å². The molecule has 3 aliphatic heterocycles. The van der Waals surface area contributed by atoms with Gasteiger partial charge in [-0.3, -0.25) is 33.6 Å². The zero-order chi connectivity index (χ0) is 41.4. The first-order valence-electron chi connectivity index (χ1n) is 16.8. The maximum absolute atomic E-state index is 12.6. The molecular formula is C32H46O23. The van der Waals surface area contributed by atoms with Crippen molar-refractivity contribution in [3.63, 3.8) is 0 Å². The Balaban J connectivity index is 2.19. The van der Waals surface area contributed by atoms with E-state index in [9.17, 15) is 54.0 Å². The first-order chi connectivity index (χ1) is 25.7. The fourth-order valence-corrected chi connectivity index (χ4v) is 6.05. The van der Waals surface area contributed by atoms with Crippen LogP contribution in [0.15, 0.2) is 0 Å². The van der Waals surface area contributed by atoms with E-state index in [4.69, 9.17) is 56.8 Å². The molecule has 23 heteroatoms. The Morgan fingerprint density at radius 1 is 0.527 bits per heavy atom. The van der Waals surface area contributed by atoms with Crippen molar-refractivity contribution in [3.8, 4) is 0 Å². The van der Waals surface area contributed by atoms with E-state index in [-0.39, 0.29) is 0 Å². The monoisotopic (exact) mass is 798 g/mol. The lowest BCUT2D eigenvalue weighted by Crippen LogP contribution is -2.68. The van der Waals surface area contributed by atoms with Crippen molar-refractivity contribution in [2.75, 3.05) is 26.4 Å². The van der Waals surface area contributed by atoms with Crippen LogP contribution in [-0.4, -0.2) is 174 Å². The van der Waals surface area contributed by atoms with E-state index < -0.39 is 154 Å². The topological polar surface area (TPSA) is 311 Å². The number of esters is 7. The molecule has 0 aromatic heterocycles. The number of hydrogen-bond acceptors (Lipinski definition) is 23. The van der Waals surface area contributed by atoms with Gasteiger partial charge in [-0.2, -0.15) is 0 Å². The van der Waals surface area contributed by atoms with Crippen LogP contribution in [-0.2, 0) is 90.4 Å². The number of hydrogen-bond donors (Lipinski definition) is 4. The zero-order valence-electron chi connectivity index (χ0n) is 30.9. The van der Waals surface area contributed by atoms with E-state index in [1.165, 1.54) is 0 Å². The second-order valence-electron chi connectivity index (χ2n) is 12.6. The summed E-state index contributed by atoms with van der Waals surface area (Å²) in [6.07, 6.45) is -23.0. The fourth-order valence-electron chi connectivity index (χ4n) is 6.05. The fraction of sp³-hybridized carbons (Fsp3) is 0.781. The molecule has 3 rings (SSSR count). The number of aliphatic hydroxyl groups is 4. The van der Waals surface area contributed by atoms with Gasteiger partial charge in [0.15, 0.2) is 43.1 Å². The Kier molecular flexibility index (Phi) is 16.2. The van der Waals surface area contributed by atoms with Gasteiger partial charge in [0.25, 0.3) is 0 Å². The van der Waals surface area contributed by atoms with E-state index in [0.717, 1.165) is 48.5 Å². The van der Waals surface area contributed by atoms with Crippen LogP contribution in [0.3, 0.4) is 0 Å². The molecule has 4 N–H and O–H groups in total. The van der Waals surface area contributed by atoms with Crippen molar-refractivity contribution in [1.29, 1.82) is 0 Å². The Morgan fingerprint density at radius 2 is 0.909 bits per heavy atom. The Labute approximate surface area is 313 Å². The highest BCUT2D eigenvalue weighted by atomic mass is 16.8. The molecule has 0 saturated carbocycles. The van der Waals surface area contributed by atoms with Crippen molar-refractivity contribution >= 4 is 41.8 Å². The highest BCUT2D eigenvalue weighted by Crippen LogP contribution is 2.38. The standard InChI is InChI=1S/C32H46O23/c1-12(35)44-9-20-23(46-14(3)37)25(47-15(4)38)27(49-17(6)40)30(51-20)53-24-21(10-45-13(2)36)52-31(28(50-18(7)41)26(24)48-16(5)39)54-29-22(42)19(8-33)55-32(29,43)11-34/h19-31,33-34,42-43H,8-11H2,1-7H3/t19-,20-,21-,22-,23+,24-,25+,26+,27-,28-,29+,30+,31+,32?/m1/s1. The minimum absolute atomic E-state index is 0.649. The van der Waals surface area contributed by atoms with Gasteiger partial charge in [0.1, 0.15) is 49.8 Å². The molecule has 0 aromatic carbocycles. The highest BCUT2D eigenvalue weighted by molar-refractivity contribution is 5.69. The van der Waals surface area contributed by atoms with Crippen LogP contribution < -0.4 is 0 Å². The molecule has 0 amide bonds. The van der Waals surface area contributed by atoms with Gasteiger partial charge in [0, 0.05) is 48.5 Å².